The minimum absolute atomic E-state index is 0.0139. The molecule has 1 aromatic carbocycles. The number of rotatable bonds is 2. The molecule has 0 bridgehead atoms. The van der Waals surface area contributed by atoms with Crippen molar-refractivity contribution < 1.29 is 9.18 Å². The van der Waals surface area contributed by atoms with Crippen molar-refractivity contribution in [2.75, 3.05) is 18.0 Å². The van der Waals surface area contributed by atoms with E-state index in [1.165, 1.54) is 6.07 Å². The fourth-order valence-electron chi connectivity index (χ4n) is 4.48. The van der Waals surface area contributed by atoms with Crippen molar-refractivity contribution in [2.45, 2.75) is 52.1 Å². The molecule has 23 heavy (non-hydrogen) atoms. The van der Waals surface area contributed by atoms with Crippen LogP contribution in [0.15, 0.2) is 24.3 Å². The first-order valence-electron chi connectivity index (χ1n) is 8.63. The Labute approximate surface area is 138 Å². The molecule has 0 spiro atoms. The number of piperidine rings is 1. The maximum absolute atomic E-state index is 13.7. The van der Waals surface area contributed by atoms with Crippen LogP contribution >= 0.6 is 0 Å². The van der Waals surface area contributed by atoms with Crippen LogP contribution in [0.2, 0.25) is 0 Å². The summed E-state index contributed by atoms with van der Waals surface area (Å²) in [6.45, 7) is 10.0. The molecule has 0 unspecified atom stereocenters. The first-order valence-corrected chi connectivity index (χ1v) is 8.63. The van der Waals surface area contributed by atoms with Crippen molar-refractivity contribution in [1.82, 2.24) is 4.90 Å². The Morgan fingerprint density at radius 2 is 2.09 bits per heavy atom. The lowest BCUT2D eigenvalue weighted by Gasteiger charge is -2.42. The third kappa shape index (κ3) is 2.96. The van der Waals surface area contributed by atoms with Crippen molar-refractivity contribution in [2.24, 2.45) is 11.8 Å². The molecule has 3 nitrogen and oxygen atoms in total. The lowest BCUT2D eigenvalue weighted by molar-refractivity contribution is -0.136. The molecule has 0 radical (unpaired) electrons. The first-order chi connectivity index (χ1) is 10.8. The number of nitrogens with zero attached hydrogens (tertiary/aromatic N) is 2. The van der Waals surface area contributed by atoms with Crippen LogP contribution in [0.1, 0.15) is 40.5 Å². The predicted octanol–water partition coefficient (Wildman–Crippen LogP) is 3.69. The van der Waals surface area contributed by atoms with Crippen LogP contribution in [0.4, 0.5) is 10.1 Å². The van der Waals surface area contributed by atoms with Gasteiger partial charge in [0, 0.05) is 36.3 Å². The van der Waals surface area contributed by atoms with Crippen molar-refractivity contribution in [3.05, 3.63) is 30.1 Å². The Morgan fingerprint density at radius 3 is 2.74 bits per heavy atom. The van der Waals surface area contributed by atoms with E-state index in [2.05, 4.69) is 18.7 Å². The lowest BCUT2D eigenvalue weighted by atomic mass is 9.89. The van der Waals surface area contributed by atoms with Crippen molar-refractivity contribution >= 4 is 11.6 Å². The number of carbonyl (C=O) groups is 1. The van der Waals surface area contributed by atoms with Crippen molar-refractivity contribution in [1.29, 1.82) is 0 Å². The maximum atomic E-state index is 13.7. The standard InChI is InChI=1S/C19H27FN2O/c1-13(2)18(23)21-9-8-17-14(12-21)11-19(3,4)22(17)16-7-5-6-15(20)10-16/h5-7,10,13-14,17H,8-9,11-12H2,1-4H3/t14-,17+/m1/s1. The van der Waals surface area contributed by atoms with E-state index in [4.69, 9.17) is 0 Å². The van der Waals surface area contributed by atoms with Gasteiger partial charge in [-0.2, -0.15) is 0 Å². The molecular formula is C19H27FN2O. The van der Waals surface area contributed by atoms with E-state index < -0.39 is 0 Å². The second-order valence-corrected chi connectivity index (χ2v) is 7.92. The highest BCUT2D eigenvalue weighted by atomic mass is 19.1. The van der Waals surface area contributed by atoms with Crippen LogP contribution in [0.3, 0.4) is 0 Å². The highest BCUT2D eigenvalue weighted by Crippen LogP contribution is 2.44. The van der Waals surface area contributed by atoms with Gasteiger partial charge >= 0.3 is 0 Å². The summed E-state index contributed by atoms with van der Waals surface area (Å²) in [5, 5.41) is 0. The van der Waals surface area contributed by atoms with Crippen LogP contribution < -0.4 is 4.90 Å². The number of carbonyl (C=O) groups excluding carboxylic acids is 1. The van der Waals surface area contributed by atoms with Gasteiger partial charge in [0.2, 0.25) is 5.91 Å². The van der Waals surface area contributed by atoms with Gasteiger partial charge < -0.3 is 9.80 Å². The number of amides is 1. The van der Waals surface area contributed by atoms with E-state index >= 15 is 0 Å². The minimum atomic E-state index is -0.186. The average molecular weight is 318 g/mol. The van der Waals surface area contributed by atoms with Gasteiger partial charge in [-0.25, -0.2) is 4.39 Å². The summed E-state index contributed by atoms with van der Waals surface area (Å²) in [7, 11) is 0. The molecule has 126 valence electrons. The fraction of sp³-hybridized carbons (Fsp3) is 0.632. The molecule has 0 aliphatic carbocycles. The third-order valence-corrected chi connectivity index (χ3v) is 5.33. The number of likely N-dealkylation sites (tertiary alicyclic amines) is 1. The number of hydrogen-bond donors (Lipinski definition) is 0. The number of hydrogen-bond acceptors (Lipinski definition) is 2. The van der Waals surface area contributed by atoms with Crippen molar-refractivity contribution in [3.63, 3.8) is 0 Å². The summed E-state index contributed by atoms with van der Waals surface area (Å²) in [6, 6.07) is 7.30. The molecular weight excluding hydrogens is 291 g/mol. The Bertz CT molecular complexity index is 599. The molecule has 2 atom stereocenters. The summed E-state index contributed by atoms with van der Waals surface area (Å²) in [4.78, 5) is 16.7. The topological polar surface area (TPSA) is 23.6 Å². The zero-order chi connectivity index (χ0) is 16.8. The summed E-state index contributed by atoms with van der Waals surface area (Å²) in [5.74, 6) is 0.588. The van der Waals surface area contributed by atoms with E-state index in [-0.39, 0.29) is 23.2 Å². The SMILES string of the molecule is CC(C)C(=O)N1CC[C@H]2[C@@H](C1)CC(C)(C)N2c1cccc(F)c1. The smallest absolute Gasteiger partial charge is 0.225 e. The minimum Gasteiger partial charge on any atom is -0.363 e. The molecule has 2 aliphatic rings. The molecule has 0 aromatic heterocycles. The molecule has 0 N–H and O–H groups in total. The van der Waals surface area contributed by atoms with Crippen LogP contribution in [0, 0.1) is 17.7 Å². The van der Waals surface area contributed by atoms with E-state index in [0.717, 1.165) is 31.6 Å². The summed E-state index contributed by atoms with van der Waals surface area (Å²) < 4.78 is 13.7. The van der Waals surface area contributed by atoms with Gasteiger partial charge in [-0.15, -0.1) is 0 Å². The van der Waals surface area contributed by atoms with Gasteiger partial charge in [-0.3, -0.25) is 4.79 Å². The van der Waals surface area contributed by atoms with Gasteiger partial charge in [-0.1, -0.05) is 19.9 Å². The van der Waals surface area contributed by atoms with Crippen molar-refractivity contribution in [3.8, 4) is 0 Å². The number of anilines is 1. The fourth-order valence-corrected chi connectivity index (χ4v) is 4.48. The Balaban J connectivity index is 1.84. The molecule has 4 heteroatoms. The maximum Gasteiger partial charge on any atom is 0.225 e. The second kappa shape index (κ2) is 5.81. The molecule has 2 heterocycles. The van der Waals surface area contributed by atoms with Gasteiger partial charge in [0.05, 0.1) is 0 Å². The molecule has 2 saturated heterocycles. The first kappa shape index (κ1) is 16.3. The monoisotopic (exact) mass is 318 g/mol. The molecule has 0 saturated carbocycles. The third-order valence-electron chi connectivity index (χ3n) is 5.33. The molecule has 1 aromatic rings. The van der Waals surface area contributed by atoms with Gasteiger partial charge in [-0.05, 0) is 50.8 Å². The lowest BCUT2D eigenvalue weighted by Crippen LogP contribution is -2.51. The Hall–Kier alpha value is -1.58. The molecule has 3 rings (SSSR count). The van der Waals surface area contributed by atoms with Crippen LogP contribution in [0.25, 0.3) is 0 Å². The molecule has 1 amide bonds. The molecule has 2 aliphatic heterocycles. The summed E-state index contributed by atoms with van der Waals surface area (Å²) in [6.07, 6.45) is 2.00. The second-order valence-electron chi connectivity index (χ2n) is 7.92. The number of benzene rings is 1. The predicted molar refractivity (Wildman–Crippen MR) is 90.9 cm³/mol. The highest BCUT2D eigenvalue weighted by Gasteiger charge is 2.48. The Morgan fingerprint density at radius 1 is 1.35 bits per heavy atom. The largest absolute Gasteiger partial charge is 0.363 e. The van der Waals surface area contributed by atoms with E-state index in [9.17, 15) is 9.18 Å². The average Bonchev–Trinajstić information content (AvgIpc) is 2.74. The van der Waals surface area contributed by atoms with Crippen LogP contribution in [-0.4, -0.2) is 35.5 Å². The van der Waals surface area contributed by atoms with Crippen LogP contribution in [-0.2, 0) is 4.79 Å². The zero-order valence-electron chi connectivity index (χ0n) is 14.6. The Kier molecular flexibility index (Phi) is 4.11. The van der Waals surface area contributed by atoms with E-state index in [1.54, 1.807) is 12.1 Å². The summed E-state index contributed by atoms with van der Waals surface area (Å²) in [5.41, 5.74) is 0.950. The normalized spacial score (nSPS) is 26.5. The van der Waals surface area contributed by atoms with Crippen LogP contribution in [0.5, 0.6) is 0 Å². The van der Waals surface area contributed by atoms with Gasteiger partial charge in [0.1, 0.15) is 5.82 Å². The highest BCUT2D eigenvalue weighted by molar-refractivity contribution is 5.78. The zero-order valence-corrected chi connectivity index (χ0v) is 14.6. The quantitative estimate of drug-likeness (QED) is 0.830. The number of halogens is 1. The van der Waals surface area contributed by atoms with Gasteiger partial charge in [0.15, 0.2) is 0 Å². The number of fused-ring (bicyclic) bond motifs is 1. The van der Waals surface area contributed by atoms with E-state index in [0.29, 0.717) is 12.0 Å². The summed E-state index contributed by atoms with van der Waals surface area (Å²) >= 11 is 0. The molecule has 2 fully saturated rings. The van der Waals surface area contributed by atoms with E-state index in [1.807, 2.05) is 24.8 Å². The van der Waals surface area contributed by atoms with Gasteiger partial charge in [0.25, 0.3) is 0 Å².